The third-order valence-corrected chi connectivity index (χ3v) is 6.83. The Morgan fingerprint density at radius 1 is 1.26 bits per heavy atom. The van der Waals surface area contributed by atoms with Crippen LogP contribution in [0.25, 0.3) is 10.9 Å². The number of halogens is 3. The summed E-state index contributed by atoms with van der Waals surface area (Å²) in [6.07, 6.45) is 0.653. The summed E-state index contributed by atoms with van der Waals surface area (Å²) in [6, 6.07) is 9.97. The minimum Gasteiger partial charge on any atom is -0.508 e. The summed E-state index contributed by atoms with van der Waals surface area (Å²) < 4.78 is 30.2. The Morgan fingerprint density at radius 3 is 2.76 bits per heavy atom. The fraction of sp³-hybridized carbons (Fsp3) is 0.333. The summed E-state index contributed by atoms with van der Waals surface area (Å²) in [5.41, 5.74) is 1.47. The van der Waals surface area contributed by atoms with E-state index in [1.807, 2.05) is 0 Å². The van der Waals surface area contributed by atoms with E-state index in [2.05, 4.69) is 9.72 Å². The van der Waals surface area contributed by atoms with Gasteiger partial charge in [0.25, 0.3) is 5.91 Å². The van der Waals surface area contributed by atoms with Crippen LogP contribution in [0, 0.1) is 0 Å². The molecule has 2 aliphatic rings. The van der Waals surface area contributed by atoms with Crippen molar-refractivity contribution in [2.24, 2.45) is 0 Å². The molecule has 3 amide bonds. The predicted octanol–water partition coefficient (Wildman–Crippen LogP) is 4.77. The molecule has 0 bridgehead atoms. The van der Waals surface area contributed by atoms with Crippen molar-refractivity contribution in [3.05, 3.63) is 59.3 Å². The summed E-state index contributed by atoms with van der Waals surface area (Å²) in [4.78, 5) is 33.2. The van der Waals surface area contributed by atoms with Crippen LogP contribution in [0.15, 0.2) is 42.5 Å². The lowest BCUT2D eigenvalue weighted by molar-refractivity contribution is -0.133. The number of nitrogens with one attached hydrogen (secondary N) is 1. The largest absolute Gasteiger partial charge is 0.508 e. The molecule has 2 aliphatic heterocycles. The molecular weight excluding hydrogens is 468 g/mol. The minimum atomic E-state index is -2.97. The number of hydrogen-bond acceptors (Lipinski definition) is 4. The highest BCUT2D eigenvalue weighted by atomic mass is 35.5. The van der Waals surface area contributed by atoms with Gasteiger partial charge in [-0.25, -0.2) is 4.79 Å². The number of fused-ring (bicyclic) bond motifs is 4. The molecule has 2 aromatic carbocycles. The topological polar surface area (TPSA) is 85.9 Å². The second-order valence-electron chi connectivity index (χ2n) is 8.70. The van der Waals surface area contributed by atoms with E-state index in [0.717, 1.165) is 5.56 Å². The van der Waals surface area contributed by atoms with E-state index in [1.54, 1.807) is 36.1 Å². The van der Waals surface area contributed by atoms with Crippen molar-refractivity contribution in [2.45, 2.75) is 38.0 Å². The van der Waals surface area contributed by atoms with Crippen molar-refractivity contribution in [1.29, 1.82) is 0 Å². The molecule has 7 nitrogen and oxygen atoms in total. The molecule has 178 valence electrons. The normalized spacial score (nSPS) is 22.0. The van der Waals surface area contributed by atoms with E-state index >= 15 is 0 Å². The number of nitrogens with zero attached hydrogens (tertiary/aromatic N) is 2. The molecule has 3 heterocycles. The van der Waals surface area contributed by atoms with Gasteiger partial charge in [0.1, 0.15) is 23.1 Å². The number of aromatic nitrogens is 1. The van der Waals surface area contributed by atoms with Gasteiger partial charge >= 0.3 is 12.6 Å². The lowest BCUT2D eigenvalue weighted by atomic mass is 9.81. The van der Waals surface area contributed by atoms with Crippen molar-refractivity contribution >= 4 is 34.4 Å². The van der Waals surface area contributed by atoms with Crippen LogP contribution >= 0.6 is 11.6 Å². The van der Waals surface area contributed by atoms with Crippen molar-refractivity contribution in [2.75, 3.05) is 12.4 Å². The molecule has 1 saturated heterocycles. The number of rotatable bonds is 6. The number of carbonyl (C=O) groups is 2. The van der Waals surface area contributed by atoms with Crippen molar-refractivity contribution in [3.63, 3.8) is 0 Å². The second-order valence-corrected chi connectivity index (χ2v) is 9.08. The highest BCUT2D eigenvalue weighted by Gasteiger charge is 2.60. The fourth-order valence-electron chi connectivity index (χ4n) is 5.12. The number of carbonyl (C=O) groups excluding carboxylic acids is 2. The Kier molecular flexibility index (Phi) is 5.39. The molecule has 10 heteroatoms. The number of urea groups is 1. The first-order chi connectivity index (χ1) is 16.2. The monoisotopic (exact) mass is 489 g/mol. The predicted molar refractivity (Wildman–Crippen MR) is 121 cm³/mol. The number of imide groups is 1. The SMILES string of the molecule is C[C@@]12Cc3c([nH]c4ccc(OC(F)F)cc34)[C@@H](c3cccc(O)c3)N1C(=O)N(CCCCl)C2=O. The van der Waals surface area contributed by atoms with Crippen LogP contribution in [-0.2, 0) is 11.2 Å². The van der Waals surface area contributed by atoms with Gasteiger partial charge in [-0.3, -0.25) is 14.6 Å². The Bertz CT molecular complexity index is 1300. The average molecular weight is 490 g/mol. The molecule has 34 heavy (non-hydrogen) atoms. The quantitative estimate of drug-likeness (QED) is 0.386. The van der Waals surface area contributed by atoms with Gasteiger partial charge in [-0.2, -0.15) is 8.78 Å². The highest BCUT2D eigenvalue weighted by Crippen LogP contribution is 2.49. The zero-order chi connectivity index (χ0) is 24.2. The first-order valence-corrected chi connectivity index (χ1v) is 11.4. The number of aromatic hydroxyl groups is 1. The van der Waals surface area contributed by atoms with Gasteiger partial charge in [0.05, 0.1) is 0 Å². The molecular formula is C24H22ClF2N3O4. The molecule has 5 rings (SSSR count). The van der Waals surface area contributed by atoms with Crippen LogP contribution in [0.5, 0.6) is 11.5 Å². The van der Waals surface area contributed by atoms with Crippen LogP contribution in [0.2, 0.25) is 0 Å². The van der Waals surface area contributed by atoms with Crippen LogP contribution in [0.4, 0.5) is 13.6 Å². The number of alkyl halides is 3. The number of hydrogen-bond donors (Lipinski definition) is 2. The summed E-state index contributed by atoms with van der Waals surface area (Å²) in [5.74, 6) is -0.0106. The number of phenolic OH excluding ortho intramolecular Hbond substituents is 1. The van der Waals surface area contributed by atoms with Crippen LogP contribution < -0.4 is 4.74 Å². The molecule has 0 aliphatic carbocycles. The van der Waals surface area contributed by atoms with Gasteiger partial charge in [0.15, 0.2) is 0 Å². The third kappa shape index (κ3) is 3.37. The van der Waals surface area contributed by atoms with Gasteiger partial charge in [0.2, 0.25) is 0 Å². The number of aromatic amines is 1. The Morgan fingerprint density at radius 2 is 2.06 bits per heavy atom. The smallest absolute Gasteiger partial charge is 0.387 e. The number of benzene rings is 2. The Hall–Kier alpha value is -3.33. The maximum Gasteiger partial charge on any atom is 0.387 e. The molecule has 3 aromatic rings. The fourth-order valence-corrected chi connectivity index (χ4v) is 5.24. The minimum absolute atomic E-state index is 0.00310. The van der Waals surface area contributed by atoms with Crippen molar-refractivity contribution < 1.29 is 28.2 Å². The molecule has 0 saturated carbocycles. The van der Waals surface area contributed by atoms with Crippen LogP contribution in [0.1, 0.15) is 36.2 Å². The Balaban J connectivity index is 1.71. The number of amides is 3. The average Bonchev–Trinajstić information content (AvgIpc) is 3.22. The zero-order valence-corrected chi connectivity index (χ0v) is 19.0. The van der Waals surface area contributed by atoms with Gasteiger partial charge in [-0.15, -0.1) is 11.6 Å². The molecule has 2 N–H and O–H groups in total. The maximum absolute atomic E-state index is 13.5. The zero-order valence-electron chi connectivity index (χ0n) is 18.2. The maximum atomic E-state index is 13.5. The molecule has 2 atom stereocenters. The number of ether oxygens (including phenoxy) is 1. The lowest BCUT2D eigenvalue weighted by Gasteiger charge is -2.42. The van der Waals surface area contributed by atoms with Crippen molar-refractivity contribution in [1.82, 2.24) is 14.8 Å². The molecule has 1 aromatic heterocycles. The van der Waals surface area contributed by atoms with Crippen molar-refractivity contribution in [3.8, 4) is 11.5 Å². The van der Waals surface area contributed by atoms with E-state index < -0.39 is 24.2 Å². The van der Waals surface area contributed by atoms with E-state index in [9.17, 15) is 23.5 Å². The first kappa shape index (κ1) is 22.5. The van der Waals surface area contributed by atoms with E-state index in [1.165, 1.54) is 23.1 Å². The third-order valence-electron chi connectivity index (χ3n) is 6.56. The van der Waals surface area contributed by atoms with Crippen LogP contribution in [-0.4, -0.2) is 56.4 Å². The molecule has 0 unspecified atom stereocenters. The van der Waals surface area contributed by atoms with Gasteiger partial charge in [-0.05, 0) is 54.8 Å². The van der Waals surface area contributed by atoms with E-state index in [4.69, 9.17) is 11.6 Å². The highest BCUT2D eigenvalue weighted by molar-refractivity contribution is 6.18. The Labute approximate surface area is 198 Å². The molecule has 0 radical (unpaired) electrons. The molecule has 0 spiro atoms. The summed E-state index contributed by atoms with van der Waals surface area (Å²) in [5, 5.41) is 10.8. The van der Waals surface area contributed by atoms with Crippen LogP contribution in [0.3, 0.4) is 0 Å². The molecule has 1 fully saturated rings. The number of H-pyrrole nitrogens is 1. The van der Waals surface area contributed by atoms with Gasteiger partial charge < -0.3 is 14.8 Å². The van der Waals surface area contributed by atoms with Gasteiger partial charge in [0, 0.05) is 35.4 Å². The second kappa shape index (κ2) is 8.16. The lowest BCUT2D eigenvalue weighted by Crippen LogP contribution is -2.53. The summed E-state index contributed by atoms with van der Waals surface area (Å²) >= 11 is 5.82. The summed E-state index contributed by atoms with van der Waals surface area (Å²) in [7, 11) is 0. The first-order valence-electron chi connectivity index (χ1n) is 10.8. The van der Waals surface area contributed by atoms with E-state index in [0.29, 0.717) is 34.5 Å². The number of phenols is 1. The van der Waals surface area contributed by atoms with E-state index in [-0.39, 0.29) is 30.4 Å². The van der Waals surface area contributed by atoms with Gasteiger partial charge in [-0.1, -0.05) is 12.1 Å². The summed E-state index contributed by atoms with van der Waals surface area (Å²) in [6.45, 7) is -1.06. The standard InChI is InChI=1S/C24H22ClF2N3O4/c1-24-12-17-16-11-15(34-22(26)27)6-7-18(16)28-19(17)20(13-4-2-5-14(31)10-13)30(24)23(33)29(21(24)32)9-3-8-25/h2,4-7,10-11,20,22,28,31H,3,8-9,12H2,1H3/t20-,24+/m1/s1.